The molecule has 0 aliphatic rings. The van der Waals surface area contributed by atoms with E-state index in [1.54, 1.807) is 31.4 Å². The molecular weight excluding hydrogens is 275 g/mol. The summed E-state index contributed by atoms with van der Waals surface area (Å²) in [5.74, 6) is 1.03. The van der Waals surface area contributed by atoms with E-state index in [2.05, 4.69) is 0 Å². The zero-order valence-corrected chi connectivity index (χ0v) is 12.2. The molecular formula is C15H17O4P. The molecule has 0 saturated carbocycles. The summed E-state index contributed by atoms with van der Waals surface area (Å²) in [6.07, 6.45) is 0.188. The van der Waals surface area contributed by atoms with Gasteiger partial charge in [0.15, 0.2) is 0 Å². The number of hydrogen-bond donors (Lipinski definition) is 0. The van der Waals surface area contributed by atoms with Gasteiger partial charge in [0.2, 0.25) is 0 Å². The van der Waals surface area contributed by atoms with Crippen molar-refractivity contribution < 1.29 is 18.3 Å². The number of para-hydroxylation sites is 2. The van der Waals surface area contributed by atoms with E-state index in [-0.39, 0.29) is 6.16 Å². The Balaban J connectivity index is 2.15. The molecule has 0 bridgehead atoms. The maximum absolute atomic E-state index is 12.8. The fourth-order valence-corrected chi connectivity index (χ4v) is 3.11. The van der Waals surface area contributed by atoms with Gasteiger partial charge in [0.05, 0.1) is 12.8 Å². The molecule has 0 fully saturated rings. The third-order valence-electron chi connectivity index (χ3n) is 2.54. The van der Waals surface area contributed by atoms with Crippen LogP contribution < -0.4 is 9.05 Å². The van der Waals surface area contributed by atoms with Crippen LogP contribution >= 0.6 is 7.60 Å². The minimum Gasteiger partial charge on any atom is -0.416 e. The van der Waals surface area contributed by atoms with Crippen molar-refractivity contribution in [3.05, 3.63) is 60.7 Å². The standard InChI is InChI=1S/C15H17O4P/c1-17-12-13-20(16,18-14-8-4-2-5-9-14)19-15-10-6-3-7-11-15/h2-11H,12-13H2,1H3. The SMILES string of the molecule is COCCP(=O)(Oc1ccccc1)Oc1ccccc1. The Morgan fingerprint density at radius 3 is 1.70 bits per heavy atom. The Labute approximate surface area is 118 Å². The Kier molecular flexibility index (Phi) is 5.22. The van der Waals surface area contributed by atoms with E-state index in [4.69, 9.17) is 13.8 Å². The molecule has 0 aliphatic heterocycles. The van der Waals surface area contributed by atoms with E-state index in [1.807, 2.05) is 36.4 Å². The molecule has 0 saturated heterocycles. The first kappa shape index (κ1) is 14.6. The molecule has 20 heavy (non-hydrogen) atoms. The van der Waals surface area contributed by atoms with Crippen molar-refractivity contribution in [1.82, 2.24) is 0 Å². The van der Waals surface area contributed by atoms with Crippen molar-refractivity contribution >= 4 is 7.60 Å². The van der Waals surface area contributed by atoms with Gasteiger partial charge < -0.3 is 13.8 Å². The van der Waals surface area contributed by atoms with Gasteiger partial charge in [-0.15, -0.1) is 0 Å². The van der Waals surface area contributed by atoms with Crippen LogP contribution in [0.15, 0.2) is 60.7 Å². The smallest absolute Gasteiger partial charge is 0.416 e. The lowest BCUT2D eigenvalue weighted by molar-refractivity contribution is 0.211. The fraction of sp³-hybridized carbons (Fsp3) is 0.200. The van der Waals surface area contributed by atoms with Crippen molar-refractivity contribution in [3.63, 3.8) is 0 Å². The second-order valence-electron chi connectivity index (χ2n) is 4.14. The summed E-state index contributed by atoms with van der Waals surface area (Å²) in [6.45, 7) is 0.303. The number of ether oxygens (including phenoxy) is 1. The molecule has 5 heteroatoms. The first-order chi connectivity index (χ1) is 9.72. The molecule has 0 unspecified atom stereocenters. The van der Waals surface area contributed by atoms with Gasteiger partial charge in [-0.1, -0.05) is 36.4 Å². The Hall–Kier alpha value is -1.77. The predicted molar refractivity (Wildman–Crippen MR) is 78.5 cm³/mol. The van der Waals surface area contributed by atoms with Crippen LogP contribution in [0.4, 0.5) is 0 Å². The lowest BCUT2D eigenvalue weighted by Crippen LogP contribution is -2.09. The Morgan fingerprint density at radius 2 is 1.30 bits per heavy atom. The third kappa shape index (κ3) is 4.41. The van der Waals surface area contributed by atoms with Crippen molar-refractivity contribution in [3.8, 4) is 11.5 Å². The van der Waals surface area contributed by atoms with E-state index in [0.717, 1.165) is 0 Å². The minimum atomic E-state index is -3.30. The summed E-state index contributed by atoms with van der Waals surface area (Å²) in [6, 6.07) is 18.0. The highest BCUT2D eigenvalue weighted by molar-refractivity contribution is 7.54. The van der Waals surface area contributed by atoms with Gasteiger partial charge in [0.25, 0.3) is 0 Å². The molecule has 2 aromatic carbocycles. The van der Waals surface area contributed by atoms with Crippen LogP contribution in [0.1, 0.15) is 0 Å². The highest BCUT2D eigenvalue weighted by Crippen LogP contribution is 2.48. The molecule has 0 N–H and O–H groups in total. The molecule has 0 atom stereocenters. The van der Waals surface area contributed by atoms with Gasteiger partial charge in [0, 0.05) is 7.11 Å². The zero-order chi connectivity index (χ0) is 14.3. The van der Waals surface area contributed by atoms with Crippen molar-refractivity contribution in [2.75, 3.05) is 19.9 Å². The third-order valence-corrected chi connectivity index (χ3v) is 4.25. The molecule has 0 amide bonds. The monoisotopic (exact) mass is 292 g/mol. The highest BCUT2D eigenvalue weighted by atomic mass is 31.2. The molecule has 106 valence electrons. The second-order valence-corrected chi connectivity index (χ2v) is 6.17. The van der Waals surface area contributed by atoms with E-state index in [0.29, 0.717) is 18.1 Å². The maximum atomic E-state index is 12.8. The van der Waals surface area contributed by atoms with Gasteiger partial charge >= 0.3 is 7.60 Å². The topological polar surface area (TPSA) is 44.8 Å². The quantitative estimate of drug-likeness (QED) is 0.724. The minimum absolute atomic E-state index is 0.188. The van der Waals surface area contributed by atoms with Crippen LogP contribution in [0.25, 0.3) is 0 Å². The van der Waals surface area contributed by atoms with Crippen LogP contribution in [0, 0.1) is 0 Å². The van der Waals surface area contributed by atoms with Crippen molar-refractivity contribution in [2.45, 2.75) is 0 Å². The first-order valence-electron chi connectivity index (χ1n) is 6.29. The predicted octanol–water partition coefficient (Wildman–Crippen LogP) is 3.98. The van der Waals surface area contributed by atoms with E-state index < -0.39 is 7.60 Å². The van der Waals surface area contributed by atoms with E-state index in [1.165, 1.54) is 0 Å². The molecule has 0 spiro atoms. The van der Waals surface area contributed by atoms with Crippen molar-refractivity contribution in [2.24, 2.45) is 0 Å². The number of benzene rings is 2. The summed E-state index contributed by atoms with van der Waals surface area (Å²) < 4.78 is 28.9. The van der Waals surface area contributed by atoms with Gasteiger partial charge in [-0.2, -0.15) is 0 Å². The normalized spacial score (nSPS) is 11.1. The number of rotatable bonds is 7. The largest absolute Gasteiger partial charge is 0.433 e. The maximum Gasteiger partial charge on any atom is 0.433 e. The fourth-order valence-electron chi connectivity index (χ4n) is 1.60. The van der Waals surface area contributed by atoms with Gasteiger partial charge in [0.1, 0.15) is 11.5 Å². The van der Waals surface area contributed by atoms with Crippen molar-refractivity contribution in [1.29, 1.82) is 0 Å². The number of hydrogen-bond acceptors (Lipinski definition) is 4. The van der Waals surface area contributed by atoms with E-state index >= 15 is 0 Å². The summed E-state index contributed by atoms with van der Waals surface area (Å²) in [5.41, 5.74) is 0. The Bertz CT molecular complexity index is 511. The lowest BCUT2D eigenvalue weighted by atomic mass is 10.3. The molecule has 2 rings (SSSR count). The number of methoxy groups -OCH3 is 1. The van der Waals surface area contributed by atoms with Crippen LogP contribution in [-0.2, 0) is 9.30 Å². The first-order valence-corrected chi connectivity index (χ1v) is 8.02. The summed E-state index contributed by atoms with van der Waals surface area (Å²) in [5, 5.41) is 0. The highest BCUT2D eigenvalue weighted by Gasteiger charge is 2.27. The summed E-state index contributed by atoms with van der Waals surface area (Å²) in [7, 11) is -1.75. The summed E-state index contributed by atoms with van der Waals surface area (Å²) in [4.78, 5) is 0. The molecule has 4 nitrogen and oxygen atoms in total. The van der Waals surface area contributed by atoms with Gasteiger partial charge in [-0.25, -0.2) is 4.57 Å². The zero-order valence-electron chi connectivity index (χ0n) is 11.3. The van der Waals surface area contributed by atoms with Gasteiger partial charge in [-0.05, 0) is 24.3 Å². The van der Waals surface area contributed by atoms with Crippen LogP contribution in [0.3, 0.4) is 0 Å². The van der Waals surface area contributed by atoms with Crippen LogP contribution in [-0.4, -0.2) is 19.9 Å². The van der Waals surface area contributed by atoms with E-state index in [9.17, 15) is 4.57 Å². The molecule has 0 aromatic heterocycles. The average molecular weight is 292 g/mol. The van der Waals surface area contributed by atoms with Crippen LogP contribution in [0.2, 0.25) is 0 Å². The molecule has 2 aromatic rings. The second kappa shape index (κ2) is 7.13. The average Bonchev–Trinajstić information content (AvgIpc) is 2.47. The lowest BCUT2D eigenvalue weighted by Gasteiger charge is -2.19. The van der Waals surface area contributed by atoms with Crippen LogP contribution in [0.5, 0.6) is 11.5 Å². The molecule has 0 heterocycles. The Morgan fingerprint density at radius 1 is 0.850 bits per heavy atom. The van der Waals surface area contributed by atoms with Gasteiger partial charge in [-0.3, -0.25) is 0 Å². The summed E-state index contributed by atoms with van der Waals surface area (Å²) >= 11 is 0. The molecule has 0 radical (unpaired) electrons. The molecule has 0 aliphatic carbocycles.